The molecule has 0 aliphatic carbocycles. The number of nitrogens with one attached hydrogen (secondary N) is 1. The third kappa shape index (κ3) is 6.14. The number of aryl methyl sites for hydroxylation is 1. The van der Waals surface area contributed by atoms with Crippen molar-refractivity contribution in [3.05, 3.63) is 35.9 Å². The first-order valence-electron chi connectivity index (χ1n) is 5.82. The molecule has 1 rings (SSSR count). The van der Waals surface area contributed by atoms with Gasteiger partial charge in [0.2, 0.25) is 0 Å². The fourth-order valence-corrected chi connectivity index (χ4v) is 1.98. The predicted molar refractivity (Wildman–Crippen MR) is 74.3 cm³/mol. The molecule has 1 N–H and O–H groups in total. The van der Waals surface area contributed by atoms with Gasteiger partial charge in [0.1, 0.15) is 0 Å². The topological polar surface area (TPSA) is 12.0 Å². The van der Waals surface area contributed by atoms with Gasteiger partial charge in [0.25, 0.3) is 0 Å². The molecule has 16 heavy (non-hydrogen) atoms. The third-order valence-corrected chi connectivity index (χ3v) is 2.82. The van der Waals surface area contributed by atoms with E-state index in [0.717, 1.165) is 6.54 Å². The first-order chi connectivity index (χ1) is 7.14. The van der Waals surface area contributed by atoms with Gasteiger partial charge in [-0.05, 0) is 43.8 Å². The van der Waals surface area contributed by atoms with E-state index in [0.29, 0.717) is 5.41 Å². The van der Waals surface area contributed by atoms with Crippen LogP contribution < -0.4 is 5.32 Å². The Bertz CT molecular complexity index is 269. The van der Waals surface area contributed by atoms with Crippen molar-refractivity contribution in [2.24, 2.45) is 5.41 Å². The van der Waals surface area contributed by atoms with E-state index in [1.165, 1.54) is 24.8 Å². The third-order valence-electron chi connectivity index (χ3n) is 2.82. The van der Waals surface area contributed by atoms with E-state index in [1.807, 2.05) is 7.05 Å². The van der Waals surface area contributed by atoms with Gasteiger partial charge in [0, 0.05) is 0 Å². The van der Waals surface area contributed by atoms with Crippen LogP contribution in [0, 0.1) is 5.41 Å². The normalized spacial score (nSPS) is 10.9. The molecule has 0 spiro atoms. The lowest BCUT2D eigenvalue weighted by Crippen LogP contribution is -2.26. The summed E-state index contributed by atoms with van der Waals surface area (Å²) in [5, 5.41) is 3.26. The molecule has 2 heteroatoms. The van der Waals surface area contributed by atoms with Crippen LogP contribution in [0.3, 0.4) is 0 Å². The maximum absolute atomic E-state index is 3.26. The van der Waals surface area contributed by atoms with E-state index in [-0.39, 0.29) is 12.4 Å². The zero-order chi connectivity index (χ0) is 11.1. The summed E-state index contributed by atoms with van der Waals surface area (Å²) in [7, 11) is 2.03. The van der Waals surface area contributed by atoms with Crippen LogP contribution in [0.2, 0.25) is 0 Å². The lowest BCUT2D eigenvalue weighted by atomic mass is 9.86. The van der Waals surface area contributed by atoms with E-state index < -0.39 is 0 Å². The molecule has 0 radical (unpaired) electrons. The number of hydrogen-bond donors (Lipinski definition) is 1. The van der Waals surface area contributed by atoms with Crippen molar-refractivity contribution in [2.75, 3.05) is 13.6 Å². The second kappa shape index (κ2) is 7.70. The highest BCUT2D eigenvalue weighted by atomic mass is 35.5. The molecule has 1 aromatic carbocycles. The van der Waals surface area contributed by atoms with Gasteiger partial charge in [-0.2, -0.15) is 0 Å². The number of benzene rings is 1. The minimum absolute atomic E-state index is 0. The summed E-state index contributed by atoms with van der Waals surface area (Å²) in [4.78, 5) is 0. The van der Waals surface area contributed by atoms with Crippen molar-refractivity contribution in [2.45, 2.75) is 33.1 Å². The summed E-state index contributed by atoms with van der Waals surface area (Å²) in [6.07, 6.45) is 3.76. The Labute approximate surface area is 106 Å². The fraction of sp³-hybridized carbons (Fsp3) is 0.571. The summed E-state index contributed by atoms with van der Waals surface area (Å²) in [6.45, 7) is 5.75. The molecule has 0 atom stereocenters. The van der Waals surface area contributed by atoms with Gasteiger partial charge in [-0.3, -0.25) is 0 Å². The lowest BCUT2D eigenvalue weighted by Gasteiger charge is -2.24. The Morgan fingerprint density at radius 1 is 1.12 bits per heavy atom. The minimum Gasteiger partial charge on any atom is -0.319 e. The van der Waals surface area contributed by atoms with Gasteiger partial charge < -0.3 is 5.32 Å². The van der Waals surface area contributed by atoms with Crippen LogP contribution in [0.15, 0.2) is 30.3 Å². The Morgan fingerprint density at radius 3 is 2.31 bits per heavy atom. The maximum atomic E-state index is 3.26. The van der Waals surface area contributed by atoms with Crippen LogP contribution in [0.1, 0.15) is 32.3 Å². The van der Waals surface area contributed by atoms with Crippen LogP contribution in [-0.2, 0) is 6.42 Å². The highest BCUT2D eigenvalue weighted by Crippen LogP contribution is 2.22. The fourth-order valence-electron chi connectivity index (χ4n) is 1.98. The molecule has 1 aromatic rings. The zero-order valence-electron chi connectivity index (χ0n) is 10.6. The molecule has 0 aromatic heterocycles. The monoisotopic (exact) mass is 241 g/mol. The van der Waals surface area contributed by atoms with E-state index >= 15 is 0 Å². The van der Waals surface area contributed by atoms with Crippen molar-refractivity contribution >= 4 is 12.4 Å². The molecule has 0 unspecified atom stereocenters. The van der Waals surface area contributed by atoms with Crippen molar-refractivity contribution < 1.29 is 0 Å². The van der Waals surface area contributed by atoms with Crippen LogP contribution in [0.4, 0.5) is 0 Å². The molecular formula is C14H24ClN. The van der Waals surface area contributed by atoms with Crippen molar-refractivity contribution in [1.82, 2.24) is 5.32 Å². The number of rotatable bonds is 6. The Balaban J connectivity index is 0.00000225. The standard InChI is InChI=1S/C14H23N.ClH/c1-14(2,12-15-3)11-7-10-13-8-5-4-6-9-13;/h4-6,8-9,15H,7,10-12H2,1-3H3;1H. The van der Waals surface area contributed by atoms with Crippen molar-refractivity contribution in [3.8, 4) is 0 Å². The molecule has 0 saturated heterocycles. The largest absolute Gasteiger partial charge is 0.319 e. The highest BCUT2D eigenvalue weighted by molar-refractivity contribution is 5.85. The smallest absolute Gasteiger partial charge is 0.0000486 e. The number of halogens is 1. The summed E-state index contributed by atoms with van der Waals surface area (Å²) in [6, 6.07) is 10.7. The Hall–Kier alpha value is -0.530. The Kier molecular flexibility index (Phi) is 7.44. The molecule has 0 saturated carbocycles. The molecule has 0 bridgehead atoms. The zero-order valence-corrected chi connectivity index (χ0v) is 11.4. The second-order valence-corrected chi connectivity index (χ2v) is 5.03. The predicted octanol–water partition coefficient (Wildman–Crippen LogP) is 3.68. The lowest BCUT2D eigenvalue weighted by molar-refractivity contribution is 0.315. The molecule has 0 amide bonds. The van der Waals surface area contributed by atoms with Gasteiger partial charge in [-0.15, -0.1) is 12.4 Å². The van der Waals surface area contributed by atoms with Crippen LogP contribution in [0.5, 0.6) is 0 Å². The average Bonchev–Trinajstić information content (AvgIpc) is 2.19. The SMILES string of the molecule is CNCC(C)(C)CCCc1ccccc1.Cl. The van der Waals surface area contributed by atoms with Gasteiger partial charge in [-0.1, -0.05) is 44.2 Å². The molecule has 0 heterocycles. The van der Waals surface area contributed by atoms with Crippen LogP contribution >= 0.6 is 12.4 Å². The van der Waals surface area contributed by atoms with E-state index in [4.69, 9.17) is 0 Å². The van der Waals surface area contributed by atoms with Gasteiger partial charge in [0.15, 0.2) is 0 Å². The summed E-state index contributed by atoms with van der Waals surface area (Å²) in [5.41, 5.74) is 1.88. The molecule has 0 aliphatic heterocycles. The highest BCUT2D eigenvalue weighted by Gasteiger charge is 2.15. The maximum Gasteiger partial charge on any atom is -0.0000486 e. The molecule has 1 nitrogen and oxygen atoms in total. The van der Waals surface area contributed by atoms with Crippen molar-refractivity contribution in [1.29, 1.82) is 0 Å². The quantitative estimate of drug-likeness (QED) is 0.801. The summed E-state index contributed by atoms with van der Waals surface area (Å²) >= 11 is 0. The van der Waals surface area contributed by atoms with Crippen LogP contribution in [-0.4, -0.2) is 13.6 Å². The van der Waals surface area contributed by atoms with E-state index in [2.05, 4.69) is 49.5 Å². The van der Waals surface area contributed by atoms with E-state index in [9.17, 15) is 0 Å². The molecule has 92 valence electrons. The number of hydrogen-bond acceptors (Lipinski definition) is 1. The molecular weight excluding hydrogens is 218 g/mol. The second-order valence-electron chi connectivity index (χ2n) is 5.03. The van der Waals surface area contributed by atoms with Crippen molar-refractivity contribution in [3.63, 3.8) is 0 Å². The van der Waals surface area contributed by atoms with Gasteiger partial charge in [-0.25, -0.2) is 0 Å². The Morgan fingerprint density at radius 2 is 1.75 bits per heavy atom. The van der Waals surface area contributed by atoms with Gasteiger partial charge in [0.05, 0.1) is 0 Å². The first-order valence-corrected chi connectivity index (χ1v) is 5.82. The summed E-state index contributed by atoms with van der Waals surface area (Å²) in [5.74, 6) is 0. The summed E-state index contributed by atoms with van der Waals surface area (Å²) < 4.78 is 0. The average molecular weight is 242 g/mol. The van der Waals surface area contributed by atoms with E-state index in [1.54, 1.807) is 0 Å². The first kappa shape index (κ1) is 15.5. The van der Waals surface area contributed by atoms with Gasteiger partial charge >= 0.3 is 0 Å². The van der Waals surface area contributed by atoms with Crippen LogP contribution in [0.25, 0.3) is 0 Å². The minimum atomic E-state index is 0. The molecule has 0 aliphatic rings. The molecule has 0 fully saturated rings.